The zero-order chi connectivity index (χ0) is 26.6. The molecule has 190 valence electrons. The summed E-state index contributed by atoms with van der Waals surface area (Å²) in [5.41, 5.74) is 12.8. The molecule has 4 aromatic carbocycles. The molecule has 5 nitrogen and oxygen atoms in total. The Balaban J connectivity index is 0.000000394. The van der Waals surface area contributed by atoms with Gasteiger partial charge in [-0.3, -0.25) is 0 Å². The zero-order valence-electron chi connectivity index (χ0n) is 21.3. The fraction of sp³-hybridized carbons (Fsp3) is 0.0606. The summed E-state index contributed by atoms with van der Waals surface area (Å²) in [6, 6.07) is 31.3. The monoisotopic (exact) mass is 684 g/mol. The van der Waals surface area contributed by atoms with E-state index in [0.29, 0.717) is 11.4 Å². The Morgan fingerprint density at radius 1 is 0.923 bits per heavy atom. The molecular weight excluding hydrogens is 661 g/mol. The molecular formula is C33H23IrN4O. The summed E-state index contributed by atoms with van der Waals surface area (Å²) in [5, 5.41) is 12.6. The van der Waals surface area contributed by atoms with Gasteiger partial charge in [0.25, 0.3) is 0 Å². The first-order valence-corrected chi connectivity index (χ1v) is 12.1. The number of benzene rings is 4. The summed E-state index contributed by atoms with van der Waals surface area (Å²) in [5.74, 6) is 0. The van der Waals surface area contributed by atoms with Gasteiger partial charge < -0.3 is 20.5 Å². The summed E-state index contributed by atoms with van der Waals surface area (Å²) in [4.78, 5) is 8.43. The molecule has 0 saturated heterocycles. The van der Waals surface area contributed by atoms with E-state index in [1.165, 1.54) is 13.0 Å². The third-order valence-corrected chi connectivity index (χ3v) is 6.10. The number of hydrogen-bond donors (Lipinski definition) is 0. The molecule has 0 atom stereocenters. The summed E-state index contributed by atoms with van der Waals surface area (Å²) < 4.78 is 6.50. The number of nitrogens with zero attached hydrogens (tertiary/aromatic N) is 3. The molecule has 0 spiro atoms. The smallest absolute Gasteiger partial charge is 0.808 e. The first-order chi connectivity index (χ1) is 18.5. The average Bonchev–Trinajstić information content (AvgIpc) is 3.31. The number of allylic oxidation sites excluding steroid dienone is 2. The van der Waals surface area contributed by atoms with Gasteiger partial charge in [-0.15, -0.1) is 24.3 Å². The van der Waals surface area contributed by atoms with Crippen LogP contribution in [0.2, 0.25) is 0 Å². The van der Waals surface area contributed by atoms with Gasteiger partial charge in [0.2, 0.25) is 0 Å². The third kappa shape index (κ3) is 5.51. The van der Waals surface area contributed by atoms with Crippen LogP contribution in [0.5, 0.6) is 0 Å². The number of pyridine rings is 1. The van der Waals surface area contributed by atoms with Crippen molar-refractivity contribution in [1.29, 1.82) is 0 Å². The molecule has 0 unspecified atom stereocenters. The predicted molar refractivity (Wildman–Crippen MR) is 157 cm³/mol. The first-order valence-electron chi connectivity index (χ1n) is 12.1. The minimum atomic E-state index is 0. The maximum Gasteiger partial charge on any atom is 3.00 e. The second-order valence-corrected chi connectivity index (χ2v) is 8.86. The van der Waals surface area contributed by atoms with Crippen molar-refractivity contribution in [3.63, 3.8) is 0 Å². The van der Waals surface area contributed by atoms with Gasteiger partial charge in [-0.05, 0) is 28.1 Å². The van der Waals surface area contributed by atoms with Crippen LogP contribution < -0.4 is 0 Å². The zero-order valence-corrected chi connectivity index (χ0v) is 23.7. The Hall–Kier alpha value is -4.56. The summed E-state index contributed by atoms with van der Waals surface area (Å²) in [6.07, 6.45) is 3.21. The van der Waals surface area contributed by atoms with E-state index < -0.39 is 0 Å². The van der Waals surface area contributed by atoms with Crippen LogP contribution in [0.15, 0.2) is 107 Å². The maximum absolute atomic E-state index is 8.44. The van der Waals surface area contributed by atoms with E-state index in [9.17, 15) is 0 Å². The largest absolute Gasteiger partial charge is 3.00 e. The minimum Gasteiger partial charge on any atom is -0.808 e. The quantitative estimate of drug-likeness (QED) is 0.138. The molecule has 0 saturated carbocycles. The Morgan fingerprint density at radius 3 is 2.33 bits per heavy atom. The summed E-state index contributed by atoms with van der Waals surface area (Å²) in [6.45, 7) is 10.8. The fourth-order valence-electron chi connectivity index (χ4n) is 4.58. The minimum absolute atomic E-state index is 0. The van der Waals surface area contributed by atoms with Gasteiger partial charge in [-0.1, -0.05) is 91.5 Å². The van der Waals surface area contributed by atoms with Crippen LogP contribution in [-0.4, -0.2) is 10.7 Å². The molecule has 2 heterocycles. The van der Waals surface area contributed by atoms with Crippen molar-refractivity contribution in [3.05, 3.63) is 132 Å². The van der Waals surface area contributed by atoms with E-state index in [1.807, 2.05) is 79.0 Å². The van der Waals surface area contributed by atoms with Crippen molar-refractivity contribution in [2.45, 2.75) is 13.8 Å². The van der Waals surface area contributed by atoms with Crippen LogP contribution in [0.4, 0.5) is 5.69 Å². The molecule has 2 aromatic heterocycles. The molecule has 0 aliphatic heterocycles. The first kappa shape index (κ1) is 27.5. The topological polar surface area (TPSA) is 76.5 Å². The molecule has 0 bridgehead atoms. The van der Waals surface area contributed by atoms with Gasteiger partial charge in [-0.2, -0.15) is 11.4 Å². The summed E-state index contributed by atoms with van der Waals surface area (Å²) >= 11 is 0. The number of hydrogen-bond acceptors (Lipinski definition) is 2. The van der Waals surface area contributed by atoms with Crippen molar-refractivity contribution >= 4 is 44.1 Å². The fourth-order valence-corrected chi connectivity index (χ4v) is 4.58. The van der Waals surface area contributed by atoms with E-state index in [4.69, 9.17) is 22.1 Å². The van der Waals surface area contributed by atoms with Gasteiger partial charge in [0.15, 0.2) is 5.69 Å². The van der Waals surface area contributed by atoms with Crippen LogP contribution in [-0.2, 0) is 20.1 Å². The van der Waals surface area contributed by atoms with Gasteiger partial charge in [0.1, 0.15) is 5.58 Å². The van der Waals surface area contributed by atoms with Crippen molar-refractivity contribution in [1.82, 2.24) is 4.98 Å². The predicted octanol–water partition coefficient (Wildman–Crippen LogP) is 9.79. The van der Waals surface area contributed by atoms with Crippen molar-refractivity contribution in [2.24, 2.45) is 0 Å². The van der Waals surface area contributed by atoms with E-state index in [-0.39, 0.29) is 25.8 Å². The van der Waals surface area contributed by atoms with Crippen LogP contribution in [0.3, 0.4) is 0 Å². The van der Waals surface area contributed by atoms with Crippen LogP contribution in [0.25, 0.3) is 71.1 Å². The Morgan fingerprint density at radius 2 is 1.64 bits per heavy atom. The number of rotatable bonds is 3. The van der Waals surface area contributed by atoms with Crippen molar-refractivity contribution in [3.8, 4) is 22.4 Å². The van der Waals surface area contributed by atoms with E-state index >= 15 is 0 Å². The molecule has 0 radical (unpaired) electrons. The molecule has 0 amide bonds. The molecule has 39 heavy (non-hydrogen) atoms. The second kappa shape index (κ2) is 11.9. The molecule has 1 N–H and O–H groups in total. The molecule has 0 aliphatic carbocycles. The number of furan rings is 1. The Kier molecular flexibility index (Phi) is 8.36. The molecule has 6 rings (SSSR count). The third-order valence-electron chi connectivity index (χ3n) is 6.10. The number of aromatic nitrogens is 1. The van der Waals surface area contributed by atoms with E-state index in [1.54, 1.807) is 6.92 Å². The Labute approximate surface area is 240 Å². The summed E-state index contributed by atoms with van der Waals surface area (Å²) in [7, 11) is 0. The average molecular weight is 684 g/mol. The second-order valence-electron chi connectivity index (χ2n) is 8.86. The van der Waals surface area contributed by atoms with Crippen LogP contribution in [0, 0.1) is 12.6 Å². The van der Waals surface area contributed by atoms with E-state index in [2.05, 4.69) is 28.0 Å². The molecule has 0 aliphatic rings. The standard InChI is InChI=1S/C28H15N2O.C5H8N2.Ir/c1-29-24-15-14-22-21-12-7-13-23(26-20-11-6-5-8-18(20)16-17-30-26)27(21)31-28(22)25(24)19-9-3-2-4-10-19;1-4(6)3-5(2)7;/h2-12,14-17H;3,6H,1-2H3;/q-1;-2;+3/b;4-3-;. The van der Waals surface area contributed by atoms with Gasteiger partial charge in [-0.25, -0.2) is 4.85 Å². The van der Waals surface area contributed by atoms with E-state index in [0.717, 1.165) is 55.1 Å². The normalized spacial score (nSPS) is 10.9. The molecule has 0 fully saturated rings. The SMILES string of the molecule is CC(=[N-])/C=C(/C)[NH-].[C-]#[N+]c1ccc2c(oc3c(-c4nccc5ccccc45)[c-]ccc32)c1-c1ccccc1.[Ir+3]. The number of nitrogens with one attached hydrogen (secondary N) is 1. The van der Waals surface area contributed by atoms with Gasteiger partial charge in [0, 0.05) is 17.1 Å². The van der Waals surface area contributed by atoms with Crippen LogP contribution in [0.1, 0.15) is 13.8 Å². The van der Waals surface area contributed by atoms with Gasteiger partial charge in [0.05, 0.1) is 12.2 Å². The van der Waals surface area contributed by atoms with Gasteiger partial charge >= 0.3 is 20.1 Å². The van der Waals surface area contributed by atoms with Crippen molar-refractivity contribution in [2.75, 3.05) is 0 Å². The number of fused-ring (bicyclic) bond motifs is 4. The molecule has 6 aromatic rings. The van der Waals surface area contributed by atoms with Crippen LogP contribution >= 0.6 is 0 Å². The molecule has 6 heteroatoms. The van der Waals surface area contributed by atoms with Crippen molar-refractivity contribution < 1.29 is 24.5 Å². The maximum atomic E-state index is 8.44. The Bertz CT molecular complexity index is 1870.